The van der Waals surface area contributed by atoms with Crippen LogP contribution in [0.25, 0.3) is 22.2 Å². The molecule has 8 heteroatoms. The fraction of sp³-hybridized carbons (Fsp3) is 0.321. The van der Waals surface area contributed by atoms with Crippen molar-refractivity contribution < 1.29 is 9.18 Å². The van der Waals surface area contributed by atoms with Crippen LogP contribution in [0.3, 0.4) is 0 Å². The van der Waals surface area contributed by atoms with Crippen molar-refractivity contribution in [2.45, 2.75) is 20.4 Å². The smallest absolute Gasteiger partial charge is 0.242 e. The maximum Gasteiger partial charge on any atom is 0.242 e. The van der Waals surface area contributed by atoms with E-state index >= 15 is 0 Å². The second kappa shape index (κ2) is 10.4. The van der Waals surface area contributed by atoms with Gasteiger partial charge in [-0.2, -0.15) is 0 Å². The Morgan fingerprint density at radius 1 is 0.944 bits per heavy atom. The van der Waals surface area contributed by atoms with E-state index in [4.69, 9.17) is 0 Å². The third-order valence-electron chi connectivity index (χ3n) is 6.91. The maximum absolute atomic E-state index is 14.2. The molecule has 7 nitrogen and oxygen atoms in total. The Bertz CT molecular complexity index is 1340. The van der Waals surface area contributed by atoms with Crippen LogP contribution in [0.1, 0.15) is 13.8 Å². The standard InChI is InChI=1S/C28H31FN6O/c1-3-32(4-2)28-27-26(30-20-31-28)22(21-10-6-5-7-11-21)18-35(27)19-25(36)34-16-14-33(15-17-34)24-13-9-8-12-23(24)29/h5-13,18,20H,3-4,14-17,19H2,1-2H3. The van der Waals surface area contributed by atoms with Gasteiger partial charge in [-0.1, -0.05) is 42.5 Å². The lowest BCUT2D eigenvalue weighted by Crippen LogP contribution is -2.49. The minimum atomic E-state index is -0.228. The van der Waals surface area contributed by atoms with Crippen LogP contribution < -0.4 is 9.80 Å². The van der Waals surface area contributed by atoms with Gasteiger partial charge >= 0.3 is 0 Å². The van der Waals surface area contributed by atoms with E-state index in [0.717, 1.165) is 41.1 Å². The molecule has 0 N–H and O–H groups in total. The molecule has 186 valence electrons. The van der Waals surface area contributed by atoms with Crippen molar-refractivity contribution in [1.29, 1.82) is 0 Å². The minimum absolute atomic E-state index is 0.0362. The Balaban J connectivity index is 1.43. The van der Waals surface area contributed by atoms with Crippen molar-refractivity contribution in [2.75, 3.05) is 49.1 Å². The summed E-state index contributed by atoms with van der Waals surface area (Å²) in [6, 6.07) is 16.9. The number of hydrogen-bond acceptors (Lipinski definition) is 5. The Labute approximate surface area is 210 Å². The van der Waals surface area contributed by atoms with E-state index in [0.29, 0.717) is 31.9 Å². The number of benzene rings is 2. The van der Waals surface area contributed by atoms with Gasteiger partial charge in [0, 0.05) is 51.0 Å². The summed E-state index contributed by atoms with van der Waals surface area (Å²) in [4.78, 5) is 28.8. The van der Waals surface area contributed by atoms with Crippen molar-refractivity contribution in [3.8, 4) is 11.1 Å². The monoisotopic (exact) mass is 486 g/mol. The highest BCUT2D eigenvalue weighted by Gasteiger charge is 2.25. The lowest BCUT2D eigenvalue weighted by atomic mass is 10.1. The van der Waals surface area contributed by atoms with Crippen LogP contribution in [0, 0.1) is 5.82 Å². The summed E-state index contributed by atoms with van der Waals surface area (Å²) in [7, 11) is 0. The summed E-state index contributed by atoms with van der Waals surface area (Å²) in [5.41, 5.74) is 4.35. The average molecular weight is 487 g/mol. The number of piperazine rings is 1. The molecule has 3 heterocycles. The molecule has 1 aliphatic heterocycles. The van der Waals surface area contributed by atoms with Gasteiger partial charge in [-0.25, -0.2) is 14.4 Å². The van der Waals surface area contributed by atoms with Crippen molar-refractivity contribution >= 4 is 28.4 Å². The third-order valence-corrected chi connectivity index (χ3v) is 6.91. The SMILES string of the molecule is CCN(CC)c1ncnc2c(-c3ccccc3)cn(CC(=O)N3CCN(c4ccccc4F)CC3)c12. The molecule has 0 unspecified atom stereocenters. The van der Waals surface area contributed by atoms with Crippen molar-refractivity contribution in [2.24, 2.45) is 0 Å². The molecule has 0 atom stereocenters. The van der Waals surface area contributed by atoms with Gasteiger partial charge in [-0.3, -0.25) is 4.79 Å². The van der Waals surface area contributed by atoms with Crippen LogP contribution >= 0.6 is 0 Å². The Hall–Kier alpha value is -3.94. The minimum Gasteiger partial charge on any atom is -0.366 e. The summed E-state index contributed by atoms with van der Waals surface area (Å²) < 4.78 is 16.2. The van der Waals surface area contributed by atoms with Crippen LogP contribution in [0.2, 0.25) is 0 Å². The van der Waals surface area contributed by atoms with E-state index < -0.39 is 0 Å². The van der Waals surface area contributed by atoms with Gasteiger partial charge in [0.2, 0.25) is 5.91 Å². The van der Waals surface area contributed by atoms with Crippen LogP contribution in [0.5, 0.6) is 0 Å². The maximum atomic E-state index is 14.2. The number of nitrogens with zero attached hydrogens (tertiary/aromatic N) is 6. The first kappa shape index (κ1) is 23.8. The fourth-order valence-corrected chi connectivity index (χ4v) is 4.97. The predicted octanol–water partition coefficient (Wildman–Crippen LogP) is 4.43. The van der Waals surface area contributed by atoms with E-state index in [9.17, 15) is 9.18 Å². The number of anilines is 2. The van der Waals surface area contributed by atoms with Crippen molar-refractivity contribution in [1.82, 2.24) is 19.4 Å². The molecule has 1 aliphatic rings. The second-order valence-electron chi connectivity index (χ2n) is 8.92. The topological polar surface area (TPSA) is 57.5 Å². The Kier molecular flexibility index (Phi) is 6.84. The summed E-state index contributed by atoms with van der Waals surface area (Å²) in [5.74, 6) is 0.645. The number of carbonyl (C=O) groups is 1. The molecule has 1 fully saturated rings. The second-order valence-corrected chi connectivity index (χ2v) is 8.92. The zero-order valence-electron chi connectivity index (χ0n) is 20.8. The van der Waals surface area contributed by atoms with Crippen LogP contribution in [-0.4, -0.2) is 64.6 Å². The molecule has 1 amide bonds. The van der Waals surface area contributed by atoms with Gasteiger partial charge in [0.25, 0.3) is 0 Å². The van der Waals surface area contributed by atoms with Crippen LogP contribution in [-0.2, 0) is 11.3 Å². The Morgan fingerprint density at radius 2 is 1.64 bits per heavy atom. The van der Waals surface area contributed by atoms with Crippen molar-refractivity contribution in [3.05, 3.63) is 72.9 Å². The van der Waals surface area contributed by atoms with Gasteiger partial charge < -0.3 is 19.3 Å². The number of fused-ring (bicyclic) bond motifs is 1. The number of para-hydroxylation sites is 1. The summed E-state index contributed by atoms with van der Waals surface area (Å²) >= 11 is 0. The number of rotatable bonds is 7. The van der Waals surface area contributed by atoms with E-state index in [2.05, 4.69) is 40.8 Å². The summed E-state index contributed by atoms with van der Waals surface area (Å²) in [5, 5.41) is 0. The molecule has 0 spiro atoms. The summed E-state index contributed by atoms with van der Waals surface area (Å²) in [6.07, 6.45) is 3.63. The molecule has 4 aromatic rings. The lowest BCUT2D eigenvalue weighted by Gasteiger charge is -2.36. The molecule has 0 saturated carbocycles. The third kappa shape index (κ3) is 4.51. The molecular weight excluding hydrogens is 455 g/mol. The fourth-order valence-electron chi connectivity index (χ4n) is 4.97. The van der Waals surface area contributed by atoms with E-state index in [1.54, 1.807) is 18.5 Å². The first-order valence-corrected chi connectivity index (χ1v) is 12.5. The Morgan fingerprint density at radius 3 is 2.33 bits per heavy atom. The van der Waals surface area contributed by atoms with Gasteiger partial charge in [0.15, 0.2) is 5.82 Å². The van der Waals surface area contributed by atoms with Gasteiger partial charge in [0.1, 0.15) is 29.7 Å². The normalized spacial score (nSPS) is 13.9. The molecule has 5 rings (SSSR count). The summed E-state index contributed by atoms with van der Waals surface area (Å²) in [6.45, 7) is 8.32. The molecule has 0 radical (unpaired) electrons. The number of carbonyl (C=O) groups excluding carboxylic acids is 1. The molecule has 2 aromatic carbocycles. The highest BCUT2D eigenvalue weighted by Crippen LogP contribution is 2.33. The molecule has 0 bridgehead atoms. The van der Waals surface area contributed by atoms with E-state index in [1.165, 1.54) is 6.07 Å². The molecular formula is C28H31FN6O. The highest BCUT2D eigenvalue weighted by molar-refractivity contribution is 5.99. The molecule has 1 saturated heterocycles. The van der Waals surface area contributed by atoms with Gasteiger partial charge in [-0.05, 0) is 31.5 Å². The van der Waals surface area contributed by atoms with E-state index in [-0.39, 0.29) is 18.3 Å². The zero-order valence-corrected chi connectivity index (χ0v) is 20.8. The predicted molar refractivity (Wildman–Crippen MR) is 142 cm³/mol. The van der Waals surface area contributed by atoms with Gasteiger partial charge in [-0.15, -0.1) is 0 Å². The highest BCUT2D eigenvalue weighted by atomic mass is 19.1. The van der Waals surface area contributed by atoms with Crippen LogP contribution in [0.4, 0.5) is 15.9 Å². The molecule has 0 aliphatic carbocycles. The number of hydrogen-bond donors (Lipinski definition) is 0. The number of aromatic nitrogens is 3. The quantitative estimate of drug-likeness (QED) is 0.387. The van der Waals surface area contributed by atoms with Crippen LogP contribution in [0.15, 0.2) is 67.1 Å². The first-order chi connectivity index (χ1) is 17.6. The van der Waals surface area contributed by atoms with Crippen molar-refractivity contribution in [3.63, 3.8) is 0 Å². The number of amides is 1. The van der Waals surface area contributed by atoms with E-state index in [1.807, 2.05) is 44.8 Å². The first-order valence-electron chi connectivity index (χ1n) is 12.5. The molecule has 36 heavy (non-hydrogen) atoms. The number of halogens is 1. The zero-order chi connectivity index (χ0) is 25.1. The molecule has 2 aromatic heterocycles. The van der Waals surface area contributed by atoms with Gasteiger partial charge in [0.05, 0.1) is 5.69 Å². The average Bonchev–Trinajstić information content (AvgIpc) is 3.29. The lowest BCUT2D eigenvalue weighted by molar-refractivity contribution is -0.132. The largest absolute Gasteiger partial charge is 0.366 e.